The van der Waals surface area contributed by atoms with E-state index < -0.39 is 0 Å². The lowest BCUT2D eigenvalue weighted by Crippen LogP contribution is -2.33. The maximum absolute atomic E-state index is 5.94. The number of hydrogen-bond donors (Lipinski definition) is 1. The number of fused-ring (bicyclic) bond motifs is 1. The van der Waals surface area contributed by atoms with Crippen LogP contribution in [0.5, 0.6) is 0 Å². The van der Waals surface area contributed by atoms with Crippen LogP contribution in [0.15, 0.2) is 36.5 Å². The Morgan fingerprint density at radius 2 is 2.00 bits per heavy atom. The maximum Gasteiger partial charge on any atom is 0.0702 e. The van der Waals surface area contributed by atoms with Crippen LogP contribution in [0.4, 0.5) is 0 Å². The molecule has 0 spiro atoms. The lowest BCUT2D eigenvalue weighted by Gasteiger charge is -2.29. The average Bonchev–Trinajstić information content (AvgIpc) is 2.44. The highest BCUT2D eigenvalue weighted by Crippen LogP contribution is 2.23. The van der Waals surface area contributed by atoms with Crippen molar-refractivity contribution >= 4 is 10.9 Å². The Morgan fingerprint density at radius 1 is 1.22 bits per heavy atom. The van der Waals surface area contributed by atoms with Gasteiger partial charge in [0, 0.05) is 24.2 Å². The van der Waals surface area contributed by atoms with Crippen molar-refractivity contribution in [2.24, 2.45) is 5.73 Å². The van der Waals surface area contributed by atoms with E-state index >= 15 is 0 Å². The molecule has 0 saturated carbocycles. The zero-order chi connectivity index (χ0) is 13.0. The lowest BCUT2D eigenvalue weighted by molar-refractivity contribution is 0.224. The van der Waals surface area contributed by atoms with Gasteiger partial charge in [-0.2, -0.15) is 0 Å². The smallest absolute Gasteiger partial charge is 0.0702 e. The van der Waals surface area contributed by atoms with Crippen molar-refractivity contribution in [2.45, 2.75) is 19.9 Å². The van der Waals surface area contributed by atoms with Crippen molar-refractivity contribution in [3.8, 4) is 0 Å². The first-order valence-corrected chi connectivity index (χ1v) is 6.59. The number of likely N-dealkylation sites (N-methyl/N-ethyl adjacent to an activating group) is 1. The van der Waals surface area contributed by atoms with E-state index in [0.29, 0.717) is 12.6 Å². The highest BCUT2D eigenvalue weighted by atomic mass is 15.2. The Labute approximate surface area is 109 Å². The van der Waals surface area contributed by atoms with E-state index in [-0.39, 0.29) is 0 Å². The van der Waals surface area contributed by atoms with Gasteiger partial charge >= 0.3 is 0 Å². The summed E-state index contributed by atoms with van der Waals surface area (Å²) in [4.78, 5) is 6.73. The molecular weight excluding hydrogens is 222 g/mol. The molecule has 2 rings (SSSR count). The minimum Gasteiger partial charge on any atom is -0.329 e. The third kappa shape index (κ3) is 2.52. The van der Waals surface area contributed by atoms with Gasteiger partial charge in [0.1, 0.15) is 0 Å². The van der Waals surface area contributed by atoms with Gasteiger partial charge in [0.05, 0.1) is 5.52 Å². The number of rotatable bonds is 5. The molecule has 3 nitrogen and oxygen atoms in total. The Balaban J connectivity index is 2.39. The van der Waals surface area contributed by atoms with Gasteiger partial charge in [-0.1, -0.05) is 26.0 Å². The summed E-state index contributed by atoms with van der Waals surface area (Å²) in [6.07, 6.45) is 1.83. The molecule has 96 valence electrons. The molecule has 0 aliphatic rings. The van der Waals surface area contributed by atoms with E-state index in [4.69, 9.17) is 5.73 Å². The number of aromatic nitrogens is 1. The molecule has 1 unspecified atom stereocenters. The molecule has 3 heteroatoms. The highest BCUT2D eigenvalue weighted by molar-refractivity contribution is 5.79. The van der Waals surface area contributed by atoms with Crippen molar-refractivity contribution < 1.29 is 0 Å². The Morgan fingerprint density at radius 3 is 2.67 bits per heavy atom. The Hall–Kier alpha value is -1.45. The van der Waals surface area contributed by atoms with Crippen LogP contribution < -0.4 is 5.73 Å². The van der Waals surface area contributed by atoms with Gasteiger partial charge in [-0.3, -0.25) is 9.88 Å². The van der Waals surface area contributed by atoms with Crippen LogP contribution in [-0.4, -0.2) is 29.5 Å². The fourth-order valence-corrected chi connectivity index (χ4v) is 2.46. The number of benzene rings is 1. The molecule has 0 radical (unpaired) electrons. The third-order valence-electron chi connectivity index (χ3n) is 3.49. The molecule has 1 aromatic heterocycles. The lowest BCUT2D eigenvalue weighted by atomic mass is 10.0. The third-order valence-corrected chi connectivity index (χ3v) is 3.49. The minimum absolute atomic E-state index is 0.296. The monoisotopic (exact) mass is 243 g/mol. The molecule has 1 aromatic carbocycles. The second-order valence-corrected chi connectivity index (χ2v) is 4.43. The number of pyridine rings is 1. The molecule has 2 aromatic rings. The van der Waals surface area contributed by atoms with E-state index in [0.717, 1.165) is 18.6 Å². The van der Waals surface area contributed by atoms with Crippen LogP contribution in [0, 0.1) is 0 Å². The van der Waals surface area contributed by atoms with Gasteiger partial charge in [-0.05, 0) is 36.9 Å². The molecule has 1 atom stereocenters. The van der Waals surface area contributed by atoms with Crippen molar-refractivity contribution in [1.82, 2.24) is 9.88 Å². The number of nitrogens with zero attached hydrogens (tertiary/aromatic N) is 2. The first-order chi connectivity index (χ1) is 8.80. The predicted molar refractivity (Wildman–Crippen MR) is 76.5 cm³/mol. The van der Waals surface area contributed by atoms with E-state index in [9.17, 15) is 0 Å². The molecule has 0 aliphatic heterocycles. The van der Waals surface area contributed by atoms with Gasteiger partial charge in [0.25, 0.3) is 0 Å². The summed E-state index contributed by atoms with van der Waals surface area (Å²) >= 11 is 0. The van der Waals surface area contributed by atoms with Gasteiger partial charge in [-0.25, -0.2) is 0 Å². The van der Waals surface area contributed by atoms with Crippen LogP contribution in [0.25, 0.3) is 10.9 Å². The molecular formula is C15H21N3. The van der Waals surface area contributed by atoms with Crippen molar-refractivity contribution in [1.29, 1.82) is 0 Å². The van der Waals surface area contributed by atoms with Gasteiger partial charge in [0.2, 0.25) is 0 Å². The first kappa shape index (κ1) is 13.0. The van der Waals surface area contributed by atoms with E-state index in [2.05, 4.69) is 48.0 Å². The summed E-state index contributed by atoms with van der Waals surface area (Å²) in [5, 5.41) is 1.18. The van der Waals surface area contributed by atoms with Crippen molar-refractivity contribution in [3.63, 3.8) is 0 Å². The fraction of sp³-hybridized carbons (Fsp3) is 0.400. The van der Waals surface area contributed by atoms with E-state index in [1.54, 1.807) is 0 Å². The maximum atomic E-state index is 5.94. The highest BCUT2D eigenvalue weighted by Gasteiger charge is 2.16. The SMILES string of the molecule is CCN(CC)C(CN)c1ccc2ncccc2c1. The first-order valence-electron chi connectivity index (χ1n) is 6.59. The summed E-state index contributed by atoms with van der Waals surface area (Å²) in [5.41, 5.74) is 8.26. The zero-order valence-corrected chi connectivity index (χ0v) is 11.1. The normalized spacial score (nSPS) is 13.1. The Bertz CT molecular complexity index is 506. The van der Waals surface area contributed by atoms with Gasteiger partial charge in [-0.15, -0.1) is 0 Å². The van der Waals surface area contributed by atoms with Crippen molar-refractivity contribution in [3.05, 3.63) is 42.1 Å². The Kier molecular flexibility index (Phi) is 4.28. The summed E-state index contributed by atoms with van der Waals surface area (Å²) in [6, 6.07) is 10.8. The topological polar surface area (TPSA) is 42.1 Å². The summed E-state index contributed by atoms with van der Waals surface area (Å²) in [5.74, 6) is 0. The van der Waals surface area contributed by atoms with Crippen LogP contribution >= 0.6 is 0 Å². The summed E-state index contributed by atoms with van der Waals surface area (Å²) in [6.45, 7) is 7.03. The van der Waals surface area contributed by atoms with Crippen LogP contribution in [0.3, 0.4) is 0 Å². The standard InChI is InChI=1S/C15H21N3/c1-3-18(4-2)15(11-16)13-7-8-14-12(10-13)6-5-9-17-14/h5-10,15H,3-4,11,16H2,1-2H3. The van der Waals surface area contributed by atoms with E-state index in [1.807, 2.05) is 12.3 Å². The second-order valence-electron chi connectivity index (χ2n) is 4.43. The van der Waals surface area contributed by atoms with Crippen LogP contribution in [0.2, 0.25) is 0 Å². The fourth-order valence-electron chi connectivity index (χ4n) is 2.46. The summed E-state index contributed by atoms with van der Waals surface area (Å²) < 4.78 is 0. The van der Waals surface area contributed by atoms with Gasteiger partial charge < -0.3 is 5.73 Å². The molecule has 2 N–H and O–H groups in total. The number of nitrogens with two attached hydrogens (primary N) is 1. The van der Waals surface area contributed by atoms with E-state index in [1.165, 1.54) is 10.9 Å². The predicted octanol–water partition coefficient (Wildman–Crippen LogP) is 2.58. The summed E-state index contributed by atoms with van der Waals surface area (Å²) in [7, 11) is 0. The van der Waals surface area contributed by atoms with Crippen LogP contribution in [-0.2, 0) is 0 Å². The molecule has 18 heavy (non-hydrogen) atoms. The number of hydrogen-bond acceptors (Lipinski definition) is 3. The van der Waals surface area contributed by atoms with Gasteiger partial charge in [0.15, 0.2) is 0 Å². The molecule has 0 amide bonds. The van der Waals surface area contributed by atoms with Crippen molar-refractivity contribution in [2.75, 3.05) is 19.6 Å². The second kappa shape index (κ2) is 5.94. The molecule has 0 saturated heterocycles. The average molecular weight is 243 g/mol. The zero-order valence-electron chi connectivity index (χ0n) is 11.1. The van der Waals surface area contributed by atoms with Crippen LogP contribution in [0.1, 0.15) is 25.5 Å². The molecule has 0 bridgehead atoms. The molecule has 0 aliphatic carbocycles. The molecule has 0 fully saturated rings. The largest absolute Gasteiger partial charge is 0.329 e. The quantitative estimate of drug-likeness (QED) is 0.877. The minimum atomic E-state index is 0.296. The molecule has 1 heterocycles.